The Morgan fingerprint density at radius 2 is 2.05 bits per heavy atom. The predicted molar refractivity (Wildman–Crippen MR) is 81.5 cm³/mol. The first-order valence-corrected chi connectivity index (χ1v) is 6.59. The Hall–Kier alpha value is -1.47. The van der Waals surface area contributed by atoms with E-state index < -0.39 is 24.7 Å². The highest BCUT2D eigenvalue weighted by atomic mass is 35.5. The molecule has 0 aliphatic rings. The second-order valence-corrected chi connectivity index (χ2v) is 4.79. The highest BCUT2D eigenvalue weighted by molar-refractivity contribution is 5.95. The molecule has 0 aromatic heterocycles. The number of rotatable bonds is 6. The van der Waals surface area contributed by atoms with Crippen molar-refractivity contribution in [1.29, 1.82) is 0 Å². The molecule has 0 heterocycles. The topological polar surface area (TPSA) is 64.4 Å². The summed E-state index contributed by atoms with van der Waals surface area (Å²) in [6.07, 6.45) is -3.21. The maximum absolute atomic E-state index is 12.2. The van der Waals surface area contributed by atoms with Gasteiger partial charge in [-0.2, -0.15) is 13.2 Å². The molecular formula is C14H20ClF3N2O2. The van der Waals surface area contributed by atoms with E-state index in [0.29, 0.717) is 6.42 Å². The molecule has 0 radical (unpaired) electrons. The van der Waals surface area contributed by atoms with Gasteiger partial charge in [-0.05, 0) is 31.0 Å². The average Bonchev–Trinajstić information content (AvgIpc) is 2.38. The Bertz CT molecular complexity index is 495. The van der Waals surface area contributed by atoms with Crippen LogP contribution < -0.4 is 15.8 Å². The summed E-state index contributed by atoms with van der Waals surface area (Å²) in [6.45, 7) is 2.19. The molecule has 0 bridgehead atoms. The van der Waals surface area contributed by atoms with Crippen LogP contribution in [0.3, 0.4) is 0 Å². The molecule has 0 spiro atoms. The molecule has 0 aliphatic carbocycles. The van der Waals surface area contributed by atoms with Gasteiger partial charge in [-0.1, -0.05) is 19.4 Å². The molecular weight excluding hydrogens is 321 g/mol. The van der Waals surface area contributed by atoms with Crippen molar-refractivity contribution in [3.05, 3.63) is 23.8 Å². The molecule has 1 rings (SSSR count). The van der Waals surface area contributed by atoms with Crippen LogP contribution >= 0.6 is 12.4 Å². The minimum absolute atomic E-state index is 0. The van der Waals surface area contributed by atoms with Crippen LogP contribution in [0.15, 0.2) is 18.2 Å². The number of benzene rings is 1. The lowest BCUT2D eigenvalue weighted by atomic mass is 10.1. The minimum atomic E-state index is -4.44. The second kappa shape index (κ2) is 8.85. The van der Waals surface area contributed by atoms with Crippen LogP contribution in [0.1, 0.15) is 25.3 Å². The highest BCUT2D eigenvalue weighted by Crippen LogP contribution is 2.28. The molecule has 3 N–H and O–H groups in total. The Labute approximate surface area is 133 Å². The largest absolute Gasteiger partial charge is 0.482 e. The van der Waals surface area contributed by atoms with Crippen molar-refractivity contribution in [2.24, 2.45) is 5.73 Å². The standard InChI is InChI=1S/C14H19F3N2O2.ClH/c1-3-4-10(18)13(20)19-11-6-5-9(2)7-12(11)21-8-14(15,16)17;/h5-7,10H,3-4,8,18H2,1-2H3,(H,19,20);1H. The fraction of sp³-hybridized carbons (Fsp3) is 0.500. The van der Waals surface area contributed by atoms with Gasteiger partial charge in [0.15, 0.2) is 6.61 Å². The Morgan fingerprint density at radius 1 is 1.41 bits per heavy atom. The van der Waals surface area contributed by atoms with Crippen LogP contribution in [0, 0.1) is 6.92 Å². The summed E-state index contributed by atoms with van der Waals surface area (Å²) in [5.74, 6) is -0.470. The van der Waals surface area contributed by atoms with Crippen molar-refractivity contribution in [2.75, 3.05) is 11.9 Å². The highest BCUT2D eigenvalue weighted by Gasteiger charge is 2.29. The summed E-state index contributed by atoms with van der Waals surface area (Å²) < 4.78 is 41.4. The minimum Gasteiger partial charge on any atom is -0.482 e. The molecule has 8 heteroatoms. The van der Waals surface area contributed by atoms with Crippen LogP contribution in [0.25, 0.3) is 0 Å². The van der Waals surface area contributed by atoms with Gasteiger partial charge in [0, 0.05) is 0 Å². The van der Waals surface area contributed by atoms with Crippen LogP contribution in [0.4, 0.5) is 18.9 Å². The number of anilines is 1. The van der Waals surface area contributed by atoms with E-state index in [9.17, 15) is 18.0 Å². The SMILES string of the molecule is CCCC(N)C(=O)Nc1ccc(C)cc1OCC(F)(F)F.Cl. The van der Waals surface area contributed by atoms with Gasteiger partial charge in [-0.15, -0.1) is 12.4 Å². The van der Waals surface area contributed by atoms with Crippen LogP contribution in [0.2, 0.25) is 0 Å². The summed E-state index contributed by atoms with van der Waals surface area (Å²) in [6, 6.07) is 3.90. The zero-order chi connectivity index (χ0) is 16.0. The van der Waals surface area contributed by atoms with E-state index in [-0.39, 0.29) is 23.8 Å². The van der Waals surface area contributed by atoms with Crippen LogP contribution in [-0.4, -0.2) is 24.7 Å². The molecule has 0 saturated carbocycles. The van der Waals surface area contributed by atoms with Crippen molar-refractivity contribution < 1.29 is 22.7 Å². The van der Waals surface area contributed by atoms with E-state index in [1.165, 1.54) is 12.1 Å². The number of halogens is 4. The number of alkyl halides is 3. The first-order chi connectivity index (χ1) is 9.73. The summed E-state index contributed by atoms with van der Waals surface area (Å²) in [5.41, 5.74) is 6.57. The number of aryl methyl sites for hydroxylation is 1. The van der Waals surface area contributed by atoms with E-state index in [2.05, 4.69) is 5.32 Å². The van der Waals surface area contributed by atoms with Gasteiger partial charge >= 0.3 is 6.18 Å². The van der Waals surface area contributed by atoms with Gasteiger partial charge in [0.1, 0.15) is 5.75 Å². The molecule has 1 aromatic rings. The molecule has 1 atom stereocenters. The fourth-order valence-electron chi connectivity index (χ4n) is 1.68. The molecule has 1 unspecified atom stereocenters. The summed E-state index contributed by atoms with van der Waals surface area (Å²) in [5, 5.41) is 2.50. The number of nitrogens with one attached hydrogen (secondary N) is 1. The smallest absolute Gasteiger partial charge is 0.422 e. The number of hydrogen-bond acceptors (Lipinski definition) is 3. The average molecular weight is 341 g/mol. The lowest BCUT2D eigenvalue weighted by Crippen LogP contribution is -2.35. The Morgan fingerprint density at radius 3 is 2.59 bits per heavy atom. The van der Waals surface area contributed by atoms with E-state index >= 15 is 0 Å². The van der Waals surface area contributed by atoms with Crippen molar-refractivity contribution in [3.8, 4) is 5.75 Å². The van der Waals surface area contributed by atoms with Crippen molar-refractivity contribution >= 4 is 24.0 Å². The summed E-state index contributed by atoms with van der Waals surface area (Å²) >= 11 is 0. The number of carbonyl (C=O) groups is 1. The molecule has 126 valence electrons. The Balaban J connectivity index is 0.00000441. The Kier molecular flexibility index (Phi) is 8.26. The summed E-state index contributed by atoms with van der Waals surface area (Å²) in [7, 11) is 0. The first-order valence-electron chi connectivity index (χ1n) is 6.59. The lowest BCUT2D eigenvalue weighted by Gasteiger charge is -2.16. The van der Waals surface area contributed by atoms with Gasteiger partial charge < -0.3 is 15.8 Å². The predicted octanol–water partition coefficient (Wildman–Crippen LogP) is 3.42. The number of amides is 1. The first kappa shape index (κ1) is 20.5. The zero-order valence-electron chi connectivity index (χ0n) is 12.4. The molecule has 1 amide bonds. The number of carbonyl (C=O) groups excluding carboxylic acids is 1. The molecule has 0 saturated heterocycles. The van der Waals surface area contributed by atoms with Crippen LogP contribution in [-0.2, 0) is 4.79 Å². The number of hydrogen-bond donors (Lipinski definition) is 2. The zero-order valence-corrected chi connectivity index (χ0v) is 13.2. The van der Waals surface area contributed by atoms with Gasteiger partial charge in [-0.25, -0.2) is 0 Å². The second-order valence-electron chi connectivity index (χ2n) is 4.79. The number of ether oxygens (including phenoxy) is 1. The number of nitrogens with two attached hydrogens (primary N) is 1. The quantitative estimate of drug-likeness (QED) is 0.834. The monoisotopic (exact) mass is 340 g/mol. The maximum atomic E-state index is 12.2. The third-order valence-electron chi connectivity index (χ3n) is 2.72. The van der Waals surface area contributed by atoms with Crippen molar-refractivity contribution in [3.63, 3.8) is 0 Å². The van der Waals surface area contributed by atoms with Crippen molar-refractivity contribution in [1.82, 2.24) is 0 Å². The van der Waals surface area contributed by atoms with Gasteiger partial charge in [0.2, 0.25) is 5.91 Å². The molecule has 0 fully saturated rings. The molecule has 0 aliphatic heterocycles. The third kappa shape index (κ3) is 7.00. The fourth-order valence-corrected chi connectivity index (χ4v) is 1.68. The van der Waals surface area contributed by atoms with E-state index in [0.717, 1.165) is 12.0 Å². The van der Waals surface area contributed by atoms with Crippen LogP contribution in [0.5, 0.6) is 5.75 Å². The molecule has 1 aromatic carbocycles. The summed E-state index contributed by atoms with van der Waals surface area (Å²) in [4.78, 5) is 11.8. The molecule has 22 heavy (non-hydrogen) atoms. The lowest BCUT2D eigenvalue weighted by molar-refractivity contribution is -0.153. The van der Waals surface area contributed by atoms with E-state index in [4.69, 9.17) is 10.5 Å². The maximum Gasteiger partial charge on any atom is 0.422 e. The van der Waals surface area contributed by atoms with Gasteiger partial charge in [-0.3, -0.25) is 4.79 Å². The van der Waals surface area contributed by atoms with E-state index in [1.54, 1.807) is 13.0 Å². The van der Waals surface area contributed by atoms with E-state index in [1.807, 2.05) is 6.92 Å². The third-order valence-corrected chi connectivity index (χ3v) is 2.72. The van der Waals surface area contributed by atoms with Crippen molar-refractivity contribution in [2.45, 2.75) is 38.9 Å². The van der Waals surface area contributed by atoms with Gasteiger partial charge in [0.05, 0.1) is 11.7 Å². The normalized spacial score (nSPS) is 12.3. The molecule has 4 nitrogen and oxygen atoms in total. The van der Waals surface area contributed by atoms with Gasteiger partial charge in [0.25, 0.3) is 0 Å².